The largest absolute Gasteiger partial charge is 0.450 e. The van der Waals surface area contributed by atoms with Gasteiger partial charge in [-0.05, 0) is 37.5 Å². The minimum atomic E-state index is -0.578. The molecule has 1 aromatic carbocycles. The summed E-state index contributed by atoms with van der Waals surface area (Å²) in [6, 6.07) is 8.36. The molecule has 0 spiro atoms. The van der Waals surface area contributed by atoms with Gasteiger partial charge in [0.05, 0.1) is 25.0 Å². The van der Waals surface area contributed by atoms with Gasteiger partial charge in [0.1, 0.15) is 5.76 Å². The number of ether oxygens (including phenoxy) is 1. The number of aromatic nitrogens is 2. The Bertz CT molecular complexity index is 1130. The van der Waals surface area contributed by atoms with E-state index in [0.29, 0.717) is 5.76 Å². The highest BCUT2D eigenvalue weighted by Gasteiger charge is 2.24. The van der Waals surface area contributed by atoms with Crippen molar-refractivity contribution < 1.29 is 13.9 Å². The van der Waals surface area contributed by atoms with Gasteiger partial charge in [-0.15, -0.1) is 0 Å². The number of nitrogens with zero attached hydrogens (tertiary/aromatic N) is 4. The molecular weight excluding hydrogens is 444 g/mol. The van der Waals surface area contributed by atoms with E-state index in [1.807, 2.05) is 6.07 Å². The van der Waals surface area contributed by atoms with Crippen molar-refractivity contribution in [1.29, 1.82) is 0 Å². The summed E-state index contributed by atoms with van der Waals surface area (Å²) in [5.74, 6) is 0.165. The number of likely N-dealkylation sites (N-methyl/N-ethyl adjacent to an activating group) is 1. The Balaban J connectivity index is 1.48. The molecule has 35 heavy (non-hydrogen) atoms. The van der Waals surface area contributed by atoms with Gasteiger partial charge in [0.2, 0.25) is 0 Å². The molecule has 4 heterocycles. The van der Waals surface area contributed by atoms with Crippen molar-refractivity contribution in [3.05, 3.63) is 42.4 Å². The van der Waals surface area contributed by atoms with Crippen LogP contribution in [0.25, 0.3) is 22.5 Å². The third-order valence-electron chi connectivity index (χ3n) is 7.00. The minimum Gasteiger partial charge on any atom is -0.450 e. The second-order valence-electron chi connectivity index (χ2n) is 9.33. The number of hydrogen-bond donors (Lipinski definition) is 2. The Kier molecular flexibility index (Phi) is 7.06. The normalized spacial score (nSPS) is 17.0. The zero-order chi connectivity index (χ0) is 24.2. The molecule has 2 aromatic heterocycles. The van der Waals surface area contributed by atoms with E-state index in [2.05, 4.69) is 50.1 Å². The number of nitrogens with one attached hydrogen (secondary N) is 1. The number of carbonyl (C=O) groups excluding carboxylic acids is 1. The number of aromatic amines is 1. The van der Waals surface area contributed by atoms with E-state index in [1.165, 1.54) is 6.42 Å². The van der Waals surface area contributed by atoms with Crippen LogP contribution in [0.3, 0.4) is 0 Å². The van der Waals surface area contributed by atoms with Crippen LogP contribution >= 0.6 is 0 Å². The molecule has 5 rings (SSSR count). The fourth-order valence-corrected chi connectivity index (χ4v) is 4.93. The summed E-state index contributed by atoms with van der Waals surface area (Å²) in [4.78, 5) is 19.5. The monoisotopic (exact) mass is 478 g/mol. The Labute approximate surface area is 205 Å². The number of hydrogen-bond acceptors (Lipinski definition) is 7. The van der Waals surface area contributed by atoms with Crippen LogP contribution in [0.4, 0.5) is 11.4 Å². The first-order valence-electron chi connectivity index (χ1n) is 12.4. The first kappa shape index (κ1) is 23.4. The summed E-state index contributed by atoms with van der Waals surface area (Å²) < 4.78 is 11.4. The summed E-state index contributed by atoms with van der Waals surface area (Å²) in [7, 11) is 2.14. The third-order valence-corrected chi connectivity index (χ3v) is 7.00. The first-order valence-corrected chi connectivity index (χ1v) is 12.4. The molecule has 2 fully saturated rings. The van der Waals surface area contributed by atoms with E-state index >= 15 is 0 Å². The number of rotatable bonds is 8. The number of H-pyrrole nitrogens is 1. The molecule has 0 saturated carbocycles. The average molecular weight is 479 g/mol. The lowest BCUT2D eigenvalue weighted by atomic mass is 9.99. The number of furan rings is 1. The predicted octanol–water partition coefficient (Wildman–Crippen LogP) is 3.19. The molecule has 0 aliphatic carbocycles. The van der Waals surface area contributed by atoms with Gasteiger partial charge in [0.15, 0.2) is 5.76 Å². The lowest BCUT2D eigenvalue weighted by Gasteiger charge is -2.33. The first-order chi connectivity index (χ1) is 17.1. The molecule has 186 valence electrons. The molecule has 0 unspecified atom stereocenters. The maximum atomic E-state index is 12.3. The number of anilines is 2. The Morgan fingerprint density at radius 1 is 1.11 bits per heavy atom. The lowest BCUT2D eigenvalue weighted by Crippen LogP contribution is -2.40. The van der Waals surface area contributed by atoms with Crippen LogP contribution in [-0.4, -0.2) is 80.5 Å². The number of nitrogens with two attached hydrogens (primary N) is 1. The fourth-order valence-electron chi connectivity index (χ4n) is 4.93. The smallest absolute Gasteiger partial charge is 0.285 e. The van der Waals surface area contributed by atoms with Gasteiger partial charge in [0, 0.05) is 75.0 Å². The predicted molar refractivity (Wildman–Crippen MR) is 137 cm³/mol. The SMILES string of the molecule is CN(CCN1CCOCC1)c1ccc(-c2cc(-c3cn[nH]c3)oc2C(N)=O)c(N2CCCCC2)c1. The van der Waals surface area contributed by atoms with Gasteiger partial charge in [-0.2, -0.15) is 5.10 Å². The number of piperidine rings is 1. The highest BCUT2D eigenvalue weighted by Crippen LogP contribution is 2.40. The number of carbonyl (C=O) groups is 1. The van der Waals surface area contributed by atoms with Gasteiger partial charge in [-0.25, -0.2) is 0 Å². The van der Waals surface area contributed by atoms with E-state index in [-0.39, 0.29) is 5.76 Å². The van der Waals surface area contributed by atoms with Crippen LogP contribution in [0.1, 0.15) is 29.8 Å². The molecule has 3 aromatic rings. The van der Waals surface area contributed by atoms with Gasteiger partial charge < -0.3 is 24.7 Å². The number of primary amides is 1. The second-order valence-corrected chi connectivity index (χ2v) is 9.33. The standard InChI is InChI=1S/C26H34N6O3/c1-30(9-10-31-11-13-34-14-12-31)20-5-6-21(23(15-20)32-7-3-2-4-8-32)22-16-24(19-17-28-29-18-19)35-25(22)26(27)33/h5-6,15-18H,2-4,7-14H2,1H3,(H2,27,33)(H,28,29). The number of amides is 1. The molecule has 2 saturated heterocycles. The van der Waals surface area contributed by atoms with Crippen molar-refractivity contribution in [3.63, 3.8) is 0 Å². The average Bonchev–Trinajstić information content (AvgIpc) is 3.59. The second kappa shape index (κ2) is 10.5. The molecule has 1 amide bonds. The van der Waals surface area contributed by atoms with Crippen molar-refractivity contribution in [2.75, 3.05) is 69.3 Å². The summed E-state index contributed by atoms with van der Waals surface area (Å²) in [5.41, 5.74) is 10.5. The highest BCUT2D eigenvalue weighted by atomic mass is 16.5. The summed E-state index contributed by atoms with van der Waals surface area (Å²) >= 11 is 0. The molecular formula is C26H34N6O3. The van der Waals surface area contributed by atoms with Crippen LogP contribution < -0.4 is 15.5 Å². The van der Waals surface area contributed by atoms with Crippen LogP contribution in [0.5, 0.6) is 0 Å². The third kappa shape index (κ3) is 5.21. The number of benzene rings is 1. The molecule has 3 N–H and O–H groups in total. The lowest BCUT2D eigenvalue weighted by molar-refractivity contribution is 0.0393. The van der Waals surface area contributed by atoms with E-state index in [1.54, 1.807) is 12.4 Å². The fraction of sp³-hybridized carbons (Fsp3) is 0.462. The summed E-state index contributed by atoms with van der Waals surface area (Å²) in [5, 5.41) is 6.80. The van der Waals surface area contributed by atoms with Crippen LogP contribution in [0.2, 0.25) is 0 Å². The zero-order valence-electron chi connectivity index (χ0n) is 20.3. The minimum absolute atomic E-state index is 0.174. The van der Waals surface area contributed by atoms with Crippen LogP contribution in [0.15, 0.2) is 41.1 Å². The van der Waals surface area contributed by atoms with Gasteiger partial charge in [-0.1, -0.05) is 6.07 Å². The van der Waals surface area contributed by atoms with Crippen LogP contribution in [-0.2, 0) is 4.74 Å². The quantitative estimate of drug-likeness (QED) is 0.512. The van der Waals surface area contributed by atoms with Crippen molar-refractivity contribution in [1.82, 2.24) is 15.1 Å². The van der Waals surface area contributed by atoms with E-state index in [0.717, 1.165) is 93.4 Å². The molecule has 0 radical (unpaired) electrons. The molecule has 2 aliphatic rings. The number of morpholine rings is 1. The van der Waals surface area contributed by atoms with Gasteiger partial charge in [-0.3, -0.25) is 14.8 Å². The maximum absolute atomic E-state index is 12.3. The molecule has 9 heteroatoms. The van der Waals surface area contributed by atoms with Crippen molar-refractivity contribution in [3.8, 4) is 22.5 Å². The Morgan fingerprint density at radius 2 is 1.91 bits per heavy atom. The van der Waals surface area contributed by atoms with Gasteiger partial charge in [0.25, 0.3) is 5.91 Å². The van der Waals surface area contributed by atoms with Gasteiger partial charge >= 0.3 is 0 Å². The maximum Gasteiger partial charge on any atom is 0.285 e. The highest BCUT2D eigenvalue weighted by molar-refractivity contribution is 6.00. The Morgan fingerprint density at radius 3 is 2.63 bits per heavy atom. The molecule has 2 aliphatic heterocycles. The van der Waals surface area contributed by atoms with Crippen molar-refractivity contribution >= 4 is 17.3 Å². The molecule has 0 bridgehead atoms. The Hall–Kier alpha value is -3.30. The topological polar surface area (TPSA) is 104 Å². The van der Waals surface area contributed by atoms with Crippen molar-refractivity contribution in [2.45, 2.75) is 19.3 Å². The zero-order valence-corrected chi connectivity index (χ0v) is 20.3. The molecule has 9 nitrogen and oxygen atoms in total. The van der Waals surface area contributed by atoms with E-state index in [4.69, 9.17) is 14.9 Å². The van der Waals surface area contributed by atoms with Crippen LogP contribution in [0, 0.1) is 0 Å². The summed E-state index contributed by atoms with van der Waals surface area (Å²) in [6.07, 6.45) is 6.97. The van der Waals surface area contributed by atoms with E-state index in [9.17, 15) is 4.79 Å². The van der Waals surface area contributed by atoms with E-state index < -0.39 is 5.91 Å². The van der Waals surface area contributed by atoms with Crippen molar-refractivity contribution in [2.24, 2.45) is 5.73 Å². The summed E-state index contributed by atoms with van der Waals surface area (Å²) in [6.45, 7) is 7.52. The molecule has 0 atom stereocenters.